The van der Waals surface area contributed by atoms with Crippen molar-refractivity contribution in [3.63, 3.8) is 0 Å². The highest BCUT2D eigenvalue weighted by molar-refractivity contribution is 6.00. The van der Waals surface area contributed by atoms with Gasteiger partial charge < -0.3 is 11.1 Å². The van der Waals surface area contributed by atoms with Gasteiger partial charge in [0.2, 0.25) is 0 Å². The molecular formula is C13H12F3N3. The van der Waals surface area contributed by atoms with Gasteiger partial charge in [0.25, 0.3) is 0 Å². The van der Waals surface area contributed by atoms with Gasteiger partial charge in [-0.3, -0.25) is 4.98 Å². The molecule has 3 N–H and O–H groups in total. The van der Waals surface area contributed by atoms with Crippen molar-refractivity contribution < 1.29 is 13.2 Å². The van der Waals surface area contributed by atoms with E-state index in [9.17, 15) is 13.2 Å². The highest BCUT2D eigenvalue weighted by atomic mass is 19.4. The van der Waals surface area contributed by atoms with Crippen molar-refractivity contribution in [2.24, 2.45) is 0 Å². The molecule has 1 saturated carbocycles. The standard InChI is InChI=1S/C13H12F3N3/c14-13(15,16)12(4-5-12)19-11-2-1-10(17)8-3-6-18-7-9(8)11/h1-3,6-7,19H,4-5,17H2. The lowest BCUT2D eigenvalue weighted by Crippen LogP contribution is -2.38. The van der Waals surface area contributed by atoms with Gasteiger partial charge in [-0.2, -0.15) is 13.2 Å². The van der Waals surface area contributed by atoms with Crippen LogP contribution in [-0.2, 0) is 0 Å². The zero-order chi connectivity index (χ0) is 13.7. The lowest BCUT2D eigenvalue weighted by atomic mass is 10.1. The zero-order valence-corrected chi connectivity index (χ0v) is 9.96. The van der Waals surface area contributed by atoms with E-state index in [1.807, 2.05) is 0 Å². The van der Waals surface area contributed by atoms with Crippen LogP contribution in [0.4, 0.5) is 24.5 Å². The first-order chi connectivity index (χ1) is 8.93. The highest BCUT2D eigenvalue weighted by Crippen LogP contribution is 2.51. The van der Waals surface area contributed by atoms with Crippen molar-refractivity contribution in [1.82, 2.24) is 4.98 Å². The molecule has 1 aromatic heterocycles. The molecule has 1 fully saturated rings. The van der Waals surface area contributed by atoms with Crippen molar-refractivity contribution in [1.29, 1.82) is 0 Å². The molecule has 1 aliphatic rings. The third-order valence-electron chi connectivity index (χ3n) is 3.52. The van der Waals surface area contributed by atoms with Crippen LogP contribution in [0.5, 0.6) is 0 Å². The molecule has 3 rings (SSSR count). The minimum absolute atomic E-state index is 0.0998. The average Bonchev–Trinajstić information content (AvgIpc) is 3.14. The Morgan fingerprint density at radius 3 is 2.53 bits per heavy atom. The summed E-state index contributed by atoms with van der Waals surface area (Å²) >= 11 is 0. The Labute approximate surface area is 107 Å². The molecule has 3 nitrogen and oxygen atoms in total. The van der Waals surface area contributed by atoms with Crippen LogP contribution < -0.4 is 11.1 Å². The smallest absolute Gasteiger partial charge is 0.398 e. The van der Waals surface area contributed by atoms with Crippen LogP contribution in [-0.4, -0.2) is 16.7 Å². The van der Waals surface area contributed by atoms with Crippen molar-refractivity contribution in [3.05, 3.63) is 30.6 Å². The Bertz CT molecular complexity index is 633. The minimum atomic E-state index is -4.25. The van der Waals surface area contributed by atoms with Crippen molar-refractivity contribution in [2.75, 3.05) is 11.1 Å². The van der Waals surface area contributed by atoms with E-state index in [0.717, 1.165) is 0 Å². The molecule has 0 bridgehead atoms. The number of aromatic nitrogens is 1. The first kappa shape index (κ1) is 12.1. The van der Waals surface area contributed by atoms with Crippen LogP contribution in [0, 0.1) is 0 Å². The molecule has 0 unspecified atom stereocenters. The fourth-order valence-corrected chi connectivity index (χ4v) is 2.18. The van der Waals surface area contributed by atoms with E-state index < -0.39 is 11.7 Å². The largest absolute Gasteiger partial charge is 0.411 e. The monoisotopic (exact) mass is 267 g/mol. The number of alkyl halides is 3. The van der Waals surface area contributed by atoms with Gasteiger partial charge in [0.1, 0.15) is 5.54 Å². The predicted octanol–water partition coefficient (Wildman–Crippen LogP) is 3.32. The molecule has 0 atom stereocenters. The molecular weight excluding hydrogens is 255 g/mol. The van der Waals surface area contributed by atoms with Gasteiger partial charge in [0, 0.05) is 34.5 Å². The first-order valence-electron chi connectivity index (χ1n) is 5.90. The molecule has 1 aliphatic carbocycles. The van der Waals surface area contributed by atoms with E-state index in [0.29, 0.717) is 22.1 Å². The average molecular weight is 267 g/mol. The zero-order valence-electron chi connectivity index (χ0n) is 9.96. The number of nitrogens with zero attached hydrogens (tertiary/aromatic N) is 1. The summed E-state index contributed by atoms with van der Waals surface area (Å²) in [7, 11) is 0. The molecule has 0 radical (unpaired) electrons. The van der Waals surface area contributed by atoms with Crippen LogP contribution in [0.15, 0.2) is 30.6 Å². The summed E-state index contributed by atoms with van der Waals surface area (Å²) < 4.78 is 38.9. The molecule has 1 aromatic carbocycles. The molecule has 0 spiro atoms. The quantitative estimate of drug-likeness (QED) is 0.821. The molecule has 1 heterocycles. The summed E-state index contributed by atoms with van der Waals surface area (Å²) in [6.07, 6.45) is -0.951. The second kappa shape index (κ2) is 3.76. The fraction of sp³-hybridized carbons (Fsp3) is 0.308. The van der Waals surface area contributed by atoms with Crippen LogP contribution in [0.1, 0.15) is 12.8 Å². The van der Waals surface area contributed by atoms with Gasteiger partial charge in [-0.15, -0.1) is 0 Å². The van der Waals surface area contributed by atoms with Gasteiger partial charge in [-0.05, 0) is 31.0 Å². The predicted molar refractivity (Wildman–Crippen MR) is 67.8 cm³/mol. The maximum atomic E-state index is 13.0. The number of nitrogens with one attached hydrogen (secondary N) is 1. The summed E-state index contributed by atoms with van der Waals surface area (Å²) in [5.74, 6) is 0. The Kier molecular flexibility index (Phi) is 2.39. The number of benzene rings is 1. The van der Waals surface area contributed by atoms with Crippen molar-refractivity contribution in [3.8, 4) is 0 Å². The van der Waals surface area contributed by atoms with Gasteiger partial charge >= 0.3 is 6.18 Å². The second-order valence-electron chi connectivity index (χ2n) is 4.83. The van der Waals surface area contributed by atoms with E-state index in [1.165, 1.54) is 6.20 Å². The number of nitrogen functional groups attached to an aromatic ring is 1. The van der Waals surface area contributed by atoms with Crippen LogP contribution in [0.25, 0.3) is 10.8 Å². The Morgan fingerprint density at radius 1 is 1.16 bits per heavy atom. The van der Waals surface area contributed by atoms with E-state index in [1.54, 1.807) is 24.4 Å². The molecule has 0 saturated heterocycles. The maximum absolute atomic E-state index is 13.0. The normalized spacial score (nSPS) is 17.4. The fourth-order valence-electron chi connectivity index (χ4n) is 2.18. The number of fused-ring (bicyclic) bond motifs is 1. The van der Waals surface area contributed by atoms with Crippen LogP contribution in [0.3, 0.4) is 0 Å². The molecule has 19 heavy (non-hydrogen) atoms. The highest BCUT2D eigenvalue weighted by Gasteiger charge is 2.63. The van der Waals surface area contributed by atoms with Crippen LogP contribution in [0.2, 0.25) is 0 Å². The third-order valence-corrected chi connectivity index (χ3v) is 3.52. The van der Waals surface area contributed by atoms with E-state index in [-0.39, 0.29) is 12.8 Å². The van der Waals surface area contributed by atoms with Gasteiger partial charge in [-0.25, -0.2) is 0 Å². The maximum Gasteiger partial charge on any atom is 0.411 e. The number of rotatable bonds is 2. The van der Waals surface area contributed by atoms with E-state index in [2.05, 4.69) is 10.3 Å². The number of anilines is 2. The molecule has 2 aromatic rings. The number of hydrogen-bond donors (Lipinski definition) is 2. The summed E-state index contributed by atoms with van der Waals surface area (Å²) in [6.45, 7) is 0. The van der Waals surface area contributed by atoms with E-state index in [4.69, 9.17) is 5.73 Å². The number of pyridine rings is 1. The van der Waals surface area contributed by atoms with Gasteiger partial charge in [0.15, 0.2) is 0 Å². The number of hydrogen-bond acceptors (Lipinski definition) is 3. The summed E-state index contributed by atoms with van der Waals surface area (Å²) in [4.78, 5) is 3.95. The molecule has 0 amide bonds. The SMILES string of the molecule is Nc1ccc(NC2(C(F)(F)F)CC2)c2cnccc12. The van der Waals surface area contributed by atoms with E-state index >= 15 is 0 Å². The summed E-state index contributed by atoms with van der Waals surface area (Å²) in [6, 6.07) is 4.88. The Morgan fingerprint density at radius 2 is 1.89 bits per heavy atom. The van der Waals surface area contributed by atoms with Crippen molar-refractivity contribution >= 4 is 22.1 Å². The Balaban J connectivity index is 2.06. The number of halogens is 3. The number of nitrogens with two attached hydrogens (primary N) is 1. The molecule has 6 heteroatoms. The summed E-state index contributed by atoms with van der Waals surface area (Å²) in [5.41, 5.74) is 4.98. The summed E-state index contributed by atoms with van der Waals surface area (Å²) in [5, 5.41) is 3.93. The third kappa shape index (κ3) is 1.87. The Hall–Kier alpha value is -1.98. The first-order valence-corrected chi connectivity index (χ1v) is 5.90. The molecule has 0 aliphatic heterocycles. The topological polar surface area (TPSA) is 50.9 Å². The van der Waals surface area contributed by atoms with Gasteiger partial charge in [0.05, 0.1) is 0 Å². The van der Waals surface area contributed by atoms with Gasteiger partial charge in [-0.1, -0.05) is 0 Å². The van der Waals surface area contributed by atoms with Crippen molar-refractivity contribution in [2.45, 2.75) is 24.6 Å². The minimum Gasteiger partial charge on any atom is -0.398 e. The molecule has 100 valence electrons. The second-order valence-corrected chi connectivity index (χ2v) is 4.83. The lowest BCUT2D eigenvalue weighted by molar-refractivity contribution is -0.151. The lowest BCUT2D eigenvalue weighted by Gasteiger charge is -2.23. The van der Waals surface area contributed by atoms with Crippen LogP contribution >= 0.6 is 0 Å².